The van der Waals surface area contributed by atoms with Crippen LogP contribution >= 0.6 is 10.7 Å². The fourth-order valence-electron chi connectivity index (χ4n) is 0.621. The maximum absolute atomic E-state index is 10.9. The Kier molecular flexibility index (Phi) is 3.99. The van der Waals surface area contributed by atoms with Crippen molar-refractivity contribution in [3.63, 3.8) is 0 Å². The maximum atomic E-state index is 10.9. The second-order valence-corrected chi connectivity index (χ2v) is 5.48. The SMILES string of the molecule is COC(=O)C(C)C(C)S(=O)(=O)Cl. The first-order valence-corrected chi connectivity index (χ1v) is 5.69. The fourth-order valence-corrected chi connectivity index (χ4v) is 1.68. The summed E-state index contributed by atoms with van der Waals surface area (Å²) in [6.45, 7) is 2.82. The van der Waals surface area contributed by atoms with Gasteiger partial charge in [0.1, 0.15) is 0 Å². The van der Waals surface area contributed by atoms with Crippen LogP contribution in [0.1, 0.15) is 13.8 Å². The summed E-state index contributed by atoms with van der Waals surface area (Å²) in [5.74, 6) is -1.32. The van der Waals surface area contributed by atoms with Crippen molar-refractivity contribution in [2.75, 3.05) is 7.11 Å². The number of ether oxygens (including phenoxy) is 1. The van der Waals surface area contributed by atoms with Crippen molar-refractivity contribution in [3.8, 4) is 0 Å². The Morgan fingerprint density at radius 3 is 2.08 bits per heavy atom. The molecule has 0 fully saturated rings. The van der Waals surface area contributed by atoms with Gasteiger partial charge in [0.15, 0.2) is 0 Å². The van der Waals surface area contributed by atoms with Gasteiger partial charge in [0.2, 0.25) is 9.05 Å². The number of carbonyl (C=O) groups excluding carboxylic acids is 1. The Labute approximate surface area is 76.3 Å². The lowest BCUT2D eigenvalue weighted by atomic mass is 10.1. The van der Waals surface area contributed by atoms with Crippen LogP contribution in [-0.2, 0) is 18.6 Å². The fraction of sp³-hybridized carbons (Fsp3) is 0.833. The molecule has 0 aromatic carbocycles. The van der Waals surface area contributed by atoms with Gasteiger partial charge in [-0.3, -0.25) is 4.79 Å². The van der Waals surface area contributed by atoms with Crippen molar-refractivity contribution >= 4 is 25.7 Å². The number of hydrogen-bond acceptors (Lipinski definition) is 4. The molecule has 2 atom stereocenters. The Bertz CT molecular complexity index is 259. The van der Waals surface area contributed by atoms with Crippen LogP contribution in [0, 0.1) is 5.92 Å². The van der Waals surface area contributed by atoms with Crippen LogP contribution < -0.4 is 0 Å². The van der Waals surface area contributed by atoms with E-state index < -0.39 is 26.2 Å². The smallest absolute Gasteiger partial charge is 0.309 e. The van der Waals surface area contributed by atoms with E-state index in [2.05, 4.69) is 4.74 Å². The lowest BCUT2D eigenvalue weighted by Gasteiger charge is -2.13. The zero-order valence-corrected chi connectivity index (χ0v) is 8.65. The molecule has 0 saturated heterocycles. The van der Waals surface area contributed by atoms with Crippen LogP contribution in [0.15, 0.2) is 0 Å². The molecule has 0 aliphatic carbocycles. The number of carbonyl (C=O) groups is 1. The molecule has 12 heavy (non-hydrogen) atoms. The normalized spacial score (nSPS) is 16.7. The van der Waals surface area contributed by atoms with Gasteiger partial charge < -0.3 is 4.74 Å². The third kappa shape index (κ3) is 2.98. The van der Waals surface area contributed by atoms with Gasteiger partial charge in [0, 0.05) is 10.7 Å². The molecule has 0 bridgehead atoms. The van der Waals surface area contributed by atoms with Gasteiger partial charge in [-0.2, -0.15) is 0 Å². The summed E-state index contributed by atoms with van der Waals surface area (Å²) in [4.78, 5) is 10.9. The third-order valence-electron chi connectivity index (χ3n) is 1.72. The van der Waals surface area contributed by atoms with Gasteiger partial charge >= 0.3 is 5.97 Å². The minimum absolute atomic E-state index is 0.577. The van der Waals surface area contributed by atoms with Crippen molar-refractivity contribution in [1.82, 2.24) is 0 Å². The molecule has 0 heterocycles. The highest BCUT2D eigenvalue weighted by atomic mass is 35.7. The van der Waals surface area contributed by atoms with Gasteiger partial charge in [0.05, 0.1) is 18.3 Å². The molecule has 0 amide bonds. The van der Waals surface area contributed by atoms with Gasteiger partial charge in [-0.25, -0.2) is 8.42 Å². The van der Waals surface area contributed by atoms with E-state index in [9.17, 15) is 13.2 Å². The molecule has 0 rings (SSSR count). The Morgan fingerprint density at radius 1 is 1.42 bits per heavy atom. The first kappa shape index (κ1) is 11.7. The van der Waals surface area contributed by atoms with Gasteiger partial charge in [-0.1, -0.05) is 6.92 Å². The Morgan fingerprint density at radius 2 is 1.83 bits per heavy atom. The van der Waals surface area contributed by atoms with E-state index >= 15 is 0 Å². The number of esters is 1. The summed E-state index contributed by atoms with van der Waals surface area (Å²) in [6, 6.07) is 0. The van der Waals surface area contributed by atoms with Crippen LogP contribution in [-0.4, -0.2) is 26.7 Å². The monoisotopic (exact) mass is 214 g/mol. The number of hydrogen-bond donors (Lipinski definition) is 0. The van der Waals surface area contributed by atoms with Crippen LogP contribution in [0.25, 0.3) is 0 Å². The predicted molar refractivity (Wildman–Crippen MR) is 45.4 cm³/mol. The van der Waals surface area contributed by atoms with Gasteiger partial charge in [-0.15, -0.1) is 0 Å². The molecular formula is C6H11ClO4S. The highest BCUT2D eigenvalue weighted by Gasteiger charge is 2.30. The van der Waals surface area contributed by atoms with E-state index in [0.29, 0.717) is 0 Å². The number of halogens is 1. The quantitative estimate of drug-likeness (QED) is 0.514. The lowest BCUT2D eigenvalue weighted by Crippen LogP contribution is -2.28. The molecule has 0 aliphatic rings. The first-order chi connectivity index (χ1) is 5.30. The first-order valence-electron chi connectivity index (χ1n) is 3.32. The zero-order valence-electron chi connectivity index (χ0n) is 7.07. The average Bonchev–Trinajstić information content (AvgIpc) is 1.98. The molecule has 6 heteroatoms. The van der Waals surface area contributed by atoms with E-state index in [1.165, 1.54) is 21.0 Å². The van der Waals surface area contributed by atoms with Crippen molar-refractivity contribution < 1.29 is 17.9 Å². The Balaban J connectivity index is 4.51. The number of methoxy groups -OCH3 is 1. The summed E-state index contributed by atoms with van der Waals surface area (Å²) in [7, 11) is 2.56. The van der Waals surface area contributed by atoms with E-state index in [0.717, 1.165) is 0 Å². The lowest BCUT2D eigenvalue weighted by molar-refractivity contribution is -0.144. The minimum atomic E-state index is -3.69. The molecule has 0 radical (unpaired) electrons. The van der Waals surface area contributed by atoms with E-state index in [4.69, 9.17) is 10.7 Å². The summed E-state index contributed by atoms with van der Waals surface area (Å²) in [5.41, 5.74) is 0. The highest BCUT2D eigenvalue weighted by Crippen LogP contribution is 2.16. The largest absolute Gasteiger partial charge is 0.469 e. The molecule has 0 aliphatic heterocycles. The summed E-state index contributed by atoms with van der Waals surface area (Å²) < 4.78 is 25.9. The third-order valence-corrected chi connectivity index (χ3v) is 3.86. The van der Waals surface area contributed by atoms with Crippen LogP contribution in [0.5, 0.6) is 0 Å². The van der Waals surface area contributed by atoms with Crippen LogP contribution in [0.4, 0.5) is 0 Å². The number of rotatable bonds is 3. The second kappa shape index (κ2) is 4.09. The van der Waals surface area contributed by atoms with Crippen molar-refractivity contribution in [2.45, 2.75) is 19.1 Å². The second-order valence-electron chi connectivity index (χ2n) is 2.49. The topological polar surface area (TPSA) is 60.4 Å². The van der Waals surface area contributed by atoms with E-state index in [1.807, 2.05) is 0 Å². The van der Waals surface area contributed by atoms with E-state index in [-0.39, 0.29) is 0 Å². The van der Waals surface area contributed by atoms with Crippen LogP contribution in [0.3, 0.4) is 0 Å². The highest BCUT2D eigenvalue weighted by molar-refractivity contribution is 8.14. The average molecular weight is 215 g/mol. The maximum Gasteiger partial charge on any atom is 0.309 e. The summed E-state index contributed by atoms with van der Waals surface area (Å²) >= 11 is 0. The summed E-state index contributed by atoms with van der Waals surface area (Å²) in [5, 5.41) is -0.924. The van der Waals surface area contributed by atoms with Crippen molar-refractivity contribution in [3.05, 3.63) is 0 Å². The standard InChI is InChI=1S/C6H11ClO4S/c1-4(6(8)11-3)5(2)12(7,9)10/h4-5H,1-3H3. The van der Waals surface area contributed by atoms with Gasteiger partial charge in [-0.05, 0) is 6.92 Å². The van der Waals surface area contributed by atoms with Crippen LogP contribution in [0.2, 0.25) is 0 Å². The summed E-state index contributed by atoms with van der Waals surface area (Å²) in [6.07, 6.45) is 0. The molecule has 4 nitrogen and oxygen atoms in total. The molecule has 0 spiro atoms. The molecular weight excluding hydrogens is 204 g/mol. The van der Waals surface area contributed by atoms with E-state index in [1.54, 1.807) is 0 Å². The minimum Gasteiger partial charge on any atom is -0.469 e. The molecule has 2 unspecified atom stereocenters. The molecule has 0 N–H and O–H groups in total. The zero-order chi connectivity index (χ0) is 9.94. The molecule has 72 valence electrons. The molecule has 0 saturated carbocycles. The Hall–Kier alpha value is -0.290. The predicted octanol–water partition coefficient (Wildman–Crippen LogP) is 0.753. The molecule has 0 aromatic heterocycles. The van der Waals surface area contributed by atoms with Crippen molar-refractivity contribution in [2.24, 2.45) is 5.92 Å². The van der Waals surface area contributed by atoms with Crippen molar-refractivity contribution in [1.29, 1.82) is 0 Å². The van der Waals surface area contributed by atoms with Gasteiger partial charge in [0.25, 0.3) is 0 Å². The molecule has 0 aromatic rings.